The molecule has 30 heavy (non-hydrogen) atoms. The van der Waals surface area contributed by atoms with Gasteiger partial charge >= 0.3 is 0 Å². The molecule has 0 spiro atoms. The maximum atomic E-state index is 12.9. The number of aromatic nitrogens is 1. The molecule has 2 heterocycles. The fourth-order valence-corrected chi connectivity index (χ4v) is 3.72. The molecule has 2 rings (SSSR count). The van der Waals surface area contributed by atoms with E-state index in [-0.39, 0.29) is 17.6 Å². The highest BCUT2D eigenvalue weighted by molar-refractivity contribution is 8.14. The molecular weight excluding hydrogens is 398 g/mol. The summed E-state index contributed by atoms with van der Waals surface area (Å²) in [6.45, 7) is 9.37. The van der Waals surface area contributed by atoms with Crippen LogP contribution < -0.4 is 0 Å². The van der Waals surface area contributed by atoms with Gasteiger partial charge in [0.05, 0.1) is 25.3 Å². The van der Waals surface area contributed by atoms with Crippen LogP contribution in [0.15, 0.2) is 76.3 Å². The number of ketones is 1. The zero-order valence-corrected chi connectivity index (χ0v) is 18.8. The molecule has 0 amide bonds. The Kier molecular flexibility index (Phi) is 8.84. The van der Waals surface area contributed by atoms with Crippen LogP contribution in [0.3, 0.4) is 0 Å². The molecule has 2 unspecified atom stereocenters. The first-order valence-electron chi connectivity index (χ1n) is 9.49. The van der Waals surface area contributed by atoms with Crippen LogP contribution in [0.5, 0.6) is 0 Å². The minimum absolute atomic E-state index is 0.0457. The lowest BCUT2D eigenvalue weighted by Crippen LogP contribution is -2.19. The molecule has 1 aliphatic heterocycles. The van der Waals surface area contributed by atoms with Crippen LogP contribution >= 0.6 is 11.8 Å². The van der Waals surface area contributed by atoms with E-state index in [2.05, 4.69) is 27.3 Å². The standard InChI is InChI=1S/C23H27N3O3S/c1-7-19(28-5)11-21(29-6)26-15(2)14-30-23-17(4)20(13-25-23)22(27)16(3)18-9-8-10-24-12-18/h8-13,16-17H,1,14H2,2-6H3/b21-11+,26-15+. The summed E-state index contributed by atoms with van der Waals surface area (Å²) < 4.78 is 10.4. The van der Waals surface area contributed by atoms with E-state index < -0.39 is 0 Å². The van der Waals surface area contributed by atoms with E-state index in [0.29, 0.717) is 17.4 Å². The maximum Gasteiger partial charge on any atom is 0.217 e. The van der Waals surface area contributed by atoms with Gasteiger partial charge in [-0.2, -0.15) is 0 Å². The molecule has 2 atom stereocenters. The lowest BCUT2D eigenvalue weighted by molar-refractivity contribution is -0.116. The van der Waals surface area contributed by atoms with Gasteiger partial charge in [0.15, 0.2) is 11.5 Å². The molecule has 0 aromatic carbocycles. The van der Waals surface area contributed by atoms with Crippen molar-refractivity contribution in [2.75, 3.05) is 20.0 Å². The Hall–Kier alpha value is -2.89. The van der Waals surface area contributed by atoms with Crippen LogP contribution in [0, 0.1) is 5.92 Å². The lowest BCUT2D eigenvalue weighted by Gasteiger charge is -2.15. The Balaban J connectivity index is 1.98. The van der Waals surface area contributed by atoms with Crippen molar-refractivity contribution >= 4 is 28.3 Å². The summed E-state index contributed by atoms with van der Waals surface area (Å²) >= 11 is 1.57. The summed E-state index contributed by atoms with van der Waals surface area (Å²) in [6, 6.07) is 3.76. The molecule has 0 radical (unpaired) electrons. The van der Waals surface area contributed by atoms with Crippen molar-refractivity contribution in [2.45, 2.75) is 26.7 Å². The summed E-state index contributed by atoms with van der Waals surface area (Å²) in [7, 11) is 3.07. The van der Waals surface area contributed by atoms with E-state index in [1.54, 1.807) is 43.5 Å². The maximum absolute atomic E-state index is 12.9. The van der Waals surface area contributed by atoms with Crippen LogP contribution in [0.4, 0.5) is 0 Å². The van der Waals surface area contributed by atoms with Crippen molar-refractivity contribution in [3.05, 3.63) is 71.9 Å². The zero-order chi connectivity index (χ0) is 22.1. The Morgan fingerprint density at radius 1 is 1.43 bits per heavy atom. The molecule has 0 bridgehead atoms. The molecule has 1 aliphatic rings. The number of methoxy groups -OCH3 is 2. The number of Topliss-reactive ketones (excluding diaryl/α,β-unsaturated/α-hetero) is 1. The van der Waals surface area contributed by atoms with Crippen molar-refractivity contribution in [3.8, 4) is 0 Å². The number of pyridine rings is 1. The molecule has 0 saturated heterocycles. The van der Waals surface area contributed by atoms with E-state index >= 15 is 0 Å². The average Bonchev–Trinajstić information content (AvgIpc) is 3.14. The Labute approximate surface area is 182 Å². The molecule has 1 aromatic rings. The van der Waals surface area contributed by atoms with Crippen LogP contribution in [0.1, 0.15) is 32.3 Å². The average molecular weight is 426 g/mol. The Morgan fingerprint density at radius 3 is 2.80 bits per heavy atom. The highest BCUT2D eigenvalue weighted by atomic mass is 32.2. The fraction of sp³-hybridized carbons (Fsp3) is 0.348. The number of ether oxygens (including phenoxy) is 2. The molecular formula is C23H27N3O3S. The zero-order valence-electron chi connectivity index (χ0n) is 18.0. The summed E-state index contributed by atoms with van der Waals surface area (Å²) in [5.41, 5.74) is 5.14. The highest BCUT2D eigenvalue weighted by Crippen LogP contribution is 2.31. The van der Waals surface area contributed by atoms with Gasteiger partial charge in [-0.1, -0.05) is 32.2 Å². The number of carbonyl (C=O) groups excluding carboxylic acids is 1. The molecule has 0 saturated carbocycles. The van der Waals surface area contributed by atoms with Crippen molar-refractivity contribution in [1.82, 2.24) is 4.98 Å². The van der Waals surface area contributed by atoms with E-state index in [0.717, 1.165) is 21.9 Å². The predicted molar refractivity (Wildman–Crippen MR) is 123 cm³/mol. The molecule has 1 aromatic heterocycles. The second-order valence-corrected chi connectivity index (χ2v) is 7.71. The summed E-state index contributed by atoms with van der Waals surface area (Å²) in [6.07, 6.45) is 6.74. The molecule has 0 aliphatic carbocycles. The first kappa shape index (κ1) is 23.4. The second kappa shape index (κ2) is 11.3. The van der Waals surface area contributed by atoms with E-state index in [9.17, 15) is 4.79 Å². The number of allylic oxidation sites excluding steroid dienone is 2. The van der Waals surface area contributed by atoms with Crippen molar-refractivity contribution < 1.29 is 14.3 Å². The van der Waals surface area contributed by atoms with Gasteiger partial charge in [-0.25, -0.2) is 4.99 Å². The third-order valence-corrected chi connectivity index (χ3v) is 5.93. The summed E-state index contributed by atoms with van der Waals surface area (Å²) in [4.78, 5) is 26.0. The van der Waals surface area contributed by atoms with Gasteiger partial charge in [0, 0.05) is 47.5 Å². The van der Waals surface area contributed by atoms with E-state index in [1.807, 2.05) is 32.9 Å². The van der Waals surface area contributed by atoms with Crippen molar-refractivity contribution in [2.24, 2.45) is 15.9 Å². The quantitative estimate of drug-likeness (QED) is 0.248. The first-order valence-corrected chi connectivity index (χ1v) is 10.5. The van der Waals surface area contributed by atoms with Gasteiger partial charge in [-0.3, -0.25) is 14.8 Å². The largest absolute Gasteiger partial charge is 0.489 e. The van der Waals surface area contributed by atoms with Crippen LogP contribution in [-0.2, 0) is 14.3 Å². The predicted octanol–water partition coefficient (Wildman–Crippen LogP) is 4.68. The van der Waals surface area contributed by atoms with Gasteiger partial charge in [-0.15, -0.1) is 11.8 Å². The third kappa shape index (κ3) is 6.05. The first-order chi connectivity index (χ1) is 14.4. The van der Waals surface area contributed by atoms with Crippen LogP contribution in [-0.4, -0.2) is 41.5 Å². The topological polar surface area (TPSA) is 73.1 Å². The third-order valence-electron chi connectivity index (χ3n) is 4.62. The second-order valence-electron chi connectivity index (χ2n) is 6.71. The Bertz CT molecular complexity index is 942. The molecule has 7 heteroatoms. The van der Waals surface area contributed by atoms with E-state index in [1.165, 1.54) is 7.11 Å². The van der Waals surface area contributed by atoms with Crippen molar-refractivity contribution in [1.29, 1.82) is 0 Å². The number of rotatable bonds is 9. The number of hydrogen-bond acceptors (Lipinski definition) is 7. The van der Waals surface area contributed by atoms with E-state index in [4.69, 9.17) is 9.47 Å². The lowest BCUT2D eigenvalue weighted by atomic mass is 9.89. The van der Waals surface area contributed by atoms with Gasteiger partial charge in [0.1, 0.15) is 0 Å². The van der Waals surface area contributed by atoms with Crippen molar-refractivity contribution in [3.63, 3.8) is 0 Å². The van der Waals surface area contributed by atoms with Gasteiger partial charge in [0.25, 0.3) is 0 Å². The number of carbonyl (C=O) groups is 1. The number of hydrogen-bond donors (Lipinski definition) is 0. The summed E-state index contributed by atoms with van der Waals surface area (Å²) in [5.74, 6) is 1.25. The van der Waals surface area contributed by atoms with Gasteiger partial charge in [0.2, 0.25) is 5.88 Å². The minimum Gasteiger partial charge on any atom is -0.489 e. The highest BCUT2D eigenvalue weighted by Gasteiger charge is 2.29. The Morgan fingerprint density at radius 2 is 2.20 bits per heavy atom. The van der Waals surface area contributed by atoms with Gasteiger partial charge in [-0.05, 0) is 18.6 Å². The van der Waals surface area contributed by atoms with Crippen LogP contribution in [0.25, 0.3) is 0 Å². The molecule has 0 fully saturated rings. The minimum atomic E-state index is -0.252. The summed E-state index contributed by atoms with van der Waals surface area (Å²) in [5, 5.41) is 0.901. The van der Waals surface area contributed by atoms with Gasteiger partial charge < -0.3 is 9.47 Å². The smallest absolute Gasteiger partial charge is 0.217 e. The van der Waals surface area contributed by atoms with Crippen LogP contribution in [0.2, 0.25) is 0 Å². The number of thioether (sulfide) groups is 1. The molecule has 0 N–H and O–H groups in total. The number of nitrogens with zero attached hydrogens (tertiary/aromatic N) is 3. The SMILES string of the molecule is C=C=C(/C=C(\N=C(/C)CSC1=NC=C(C(=O)C(C)c2cccnc2)C1C)OC)OC. The monoisotopic (exact) mass is 425 g/mol. The normalized spacial score (nSPS) is 17.6. The molecule has 6 nitrogen and oxygen atoms in total. The fourth-order valence-electron chi connectivity index (χ4n) is 2.79. The molecule has 158 valence electrons. The number of aliphatic imine (C=N–C) groups is 2.